The lowest BCUT2D eigenvalue weighted by Crippen LogP contribution is -1.96. The van der Waals surface area contributed by atoms with Gasteiger partial charge in [-0.25, -0.2) is 0 Å². The standard InChI is InChI=1S/C20H21BrO2/c1-2-3-4-15-23-19-12-5-16(6-13-19)7-14-20(22)17-8-10-18(21)11-9-17/h5-14H,2-4,15H2,1H3/b14-7+. The van der Waals surface area contributed by atoms with Crippen LogP contribution in [0.4, 0.5) is 0 Å². The van der Waals surface area contributed by atoms with Crippen molar-refractivity contribution in [1.82, 2.24) is 0 Å². The van der Waals surface area contributed by atoms with E-state index in [2.05, 4.69) is 22.9 Å². The Bertz CT molecular complexity index is 642. The molecule has 0 spiro atoms. The van der Waals surface area contributed by atoms with Crippen molar-refractivity contribution in [2.75, 3.05) is 6.61 Å². The Kier molecular flexibility index (Phi) is 7.08. The molecule has 0 unspecified atom stereocenters. The molecule has 23 heavy (non-hydrogen) atoms. The van der Waals surface area contributed by atoms with Gasteiger partial charge in [0.1, 0.15) is 5.75 Å². The van der Waals surface area contributed by atoms with Crippen LogP contribution < -0.4 is 4.74 Å². The van der Waals surface area contributed by atoms with E-state index in [9.17, 15) is 4.79 Å². The van der Waals surface area contributed by atoms with Gasteiger partial charge >= 0.3 is 0 Å². The molecule has 0 aliphatic rings. The third kappa shape index (κ3) is 6.03. The van der Waals surface area contributed by atoms with E-state index >= 15 is 0 Å². The van der Waals surface area contributed by atoms with Crippen LogP contribution >= 0.6 is 15.9 Å². The van der Waals surface area contributed by atoms with Crippen molar-refractivity contribution in [3.05, 3.63) is 70.2 Å². The highest BCUT2D eigenvalue weighted by atomic mass is 79.9. The van der Waals surface area contributed by atoms with Crippen molar-refractivity contribution in [3.8, 4) is 5.75 Å². The van der Waals surface area contributed by atoms with Gasteiger partial charge in [0.25, 0.3) is 0 Å². The summed E-state index contributed by atoms with van der Waals surface area (Å²) in [5.41, 5.74) is 1.66. The van der Waals surface area contributed by atoms with E-state index in [0.717, 1.165) is 28.8 Å². The van der Waals surface area contributed by atoms with E-state index in [1.54, 1.807) is 6.08 Å². The average Bonchev–Trinajstić information content (AvgIpc) is 2.58. The molecule has 2 aromatic rings. The Balaban J connectivity index is 1.89. The molecule has 0 aliphatic heterocycles. The summed E-state index contributed by atoms with van der Waals surface area (Å²) in [6.45, 7) is 2.93. The minimum Gasteiger partial charge on any atom is -0.494 e. The second kappa shape index (κ2) is 9.31. The fourth-order valence-corrected chi connectivity index (χ4v) is 2.36. The number of benzene rings is 2. The van der Waals surface area contributed by atoms with Crippen molar-refractivity contribution < 1.29 is 9.53 Å². The predicted octanol–water partition coefficient (Wildman–Crippen LogP) is 5.91. The van der Waals surface area contributed by atoms with Gasteiger partial charge in [0.05, 0.1) is 6.61 Å². The van der Waals surface area contributed by atoms with Crippen molar-refractivity contribution in [3.63, 3.8) is 0 Å². The maximum Gasteiger partial charge on any atom is 0.185 e. The number of hydrogen-bond donors (Lipinski definition) is 0. The molecule has 3 heteroatoms. The quantitative estimate of drug-likeness (QED) is 0.326. The summed E-state index contributed by atoms with van der Waals surface area (Å²) in [6.07, 6.45) is 6.89. The molecule has 0 fully saturated rings. The van der Waals surface area contributed by atoms with Crippen LogP contribution in [-0.4, -0.2) is 12.4 Å². The molecular weight excluding hydrogens is 352 g/mol. The van der Waals surface area contributed by atoms with E-state index in [1.807, 2.05) is 54.6 Å². The molecule has 120 valence electrons. The molecular formula is C20H21BrO2. The normalized spacial score (nSPS) is 10.9. The number of unbranched alkanes of at least 4 members (excludes halogenated alkanes) is 2. The first kappa shape index (κ1) is 17.5. The van der Waals surface area contributed by atoms with Gasteiger partial charge in [-0.3, -0.25) is 4.79 Å². The second-order valence-electron chi connectivity index (χ2n) is 5.33. The van der Waals surface area contributed by atoms with Crippen LogP contribution in [0.3, 0.4) is 0 Å². The molecule has 0 aromatic heterocycles. The van der Waals surface area contributed by atoms with Crippen molar-refractivity contribution in [1.29, 1.82) is 0 Å². The molecule has 2 aromatic carbocycles. The number of hydrogen-bond acceptors (Lipinski definition) is 2. The molecule has 0 radical (unpaired) electrons. The molecule has 0 aliphatic carbocycles. The smallest absolute Gasteiger partial charge is 0.185 e. The zero-order valence-corrected chi connectivity index (χ0v) is 14.9. The van der Waals surface area contributed by atoms with Crippen LogP contribution in [0.2, 0.25) is 0 Å². The molecule has 0 amide bonds. The summed E-state index contributed by atoms with van der Waals surface area (Å²) in [6, 6.07) is 15.2. The zero-order chi connectivity index (χ0) is 16.5. The first-order valence-electron chi connectivity index (χ1n) is 7.90. The highest BCUT2D eigenvalue weighted by Gasteiger charge is 2.01. The highest BCUT2D eigenvalue weighted by molar-refractivity contribution is 9.10. The fraction of sp³-hybridized carbons (Fsp3) is 0.250. The molecule has 0 N–H and O–H groups in total. The lowest BCUT2D eigenvalue weighted by Gasteiger charge is -2.05. The van der Waals surface area contributed by atoms with Crippen LogP contribution in [0.15, 0.2) is 59.1 Å². The lowest BCUT2D eigenvalue weighted by molar-refractivity contribution is 0.104. The predicted molar refractivity (Wildman–Crippen MR) is 99.0 cm³/mol. The van der Waals surface area contributed by atoms with Gasteiger partial charge in [-0.05, 0) is 54.5 Å². The van der Waals surface area contributed by atoms with Gasteiger partial charge in [0, 0.05) is 10.0 Å². The average molecular weight is 373 g/mol. The summed E-state index contributed by atoms with van der Waals surface area (Å²) >= 11 is 3.36. The van der Waals surface area contributed by atoms with Gasteiger partial charge < -0.3 is 4.74 Å². The monoisotopic (exact) mass is 372 g/mol. The molecule has 0 atom stereocenters. The number of ketones is 1. The Morgan fingerprint density at radius 2 is 1.74 bits per heavy atom. The van der Waals surface area contributed by atoms with E-state index < -0.39 is 0 Å². The molecule has 0 saturated carbocycles. The van der Waals surface area contributed by atoms with Gasteiger partial charge in [0.2, 0.25) is 0 Å². The molecule has 0 saturated heterocycles. The summed E-state index contributed by atoms with van der Waals surface area (Å²) in [7, 11) is 0. The number of carbonyl (C=O) groups excluding carboxylic acids is 1. The summed E-state index contributed by atoms with van der Waals surface area (Å²) in [5.74, 6) is 0.870. The molecule has 0 heterocycles. The number of halogens is 1. The van der Waals surface area contributed by atoms with Gasteiger partial charge in [-0.2, -0.15) is 0 Å². The van der Waals surface area contributed by atoms with Gasteiger partial charge in [-0.15, -0.1) is 0 Å². The van der Waals surface area contributed by atoms with Crippen LogP contribution in [-0.2, 0) is 0 Å². The van der Waals surface area contributed by atoms with E-state index in [-0.39, 0.29) is 5.78 Å². The van der Waals surface area contributed by atoms with Crippen LogP contribution in [0.1, 0.15) is 42.1 Å². The van der Waals surface area contributed by atoms with E-state index in [4.69, 9.17) is 4.74 Å². The Labute approximate surface area is 146 Å². The summed E-state index contributed by atoms with van der Waals surface area (Å²) in [4.78, 5) is 12.1. The Morgan fingerprint density at radius 1 is 1.04 bits per heavy atom. The minimum absolute atomic E-state index is 0.00241. The third-order valence-corrected chi connectivity index (χ3v) is 3.98. The first-order chi connectivity index (χ1) is 11.2. The van der Waals surface area contributed by atoms with Crippen molar-refractivity contribution >= 4 is 27.8 Å². The molecule has 2 nitrogen and oxygen atoms in total. The van der Waals surface area contributed by atoms with Gasteiger partial charge in [0.15, 0.2) is 5.78 Å². The maximum absolute atomic E-state index is 12.1. The number of rotatable bonds is 8. The topological polar surface area (TPSA) is 26.3 Å². The number of allylic oxidation sites excluding steroid dienone is 1. The first-order valence-corrected chi connectivity index (χ1v) is 8.69. The zero-order valence-electron chi connectivity index (χ0n) is 13.3. The summed E-state index contributed by atoms with van der Waals surface area (Å²) in [5, 5.41) is 0. The van der Waals surface area contributed by atoms with E-state index in [0.29, 0.717) is 5.56 Å². The lowest BCUT2D eigenvalue weighted by atomic mass is 10.1. The Hall–Kier alpha value is -1.87. The Morgan fingerprint density at radius 3 is 2.39 bits per heavy atom. The number of carbonyl (C=O) groups is 1. The SMILES string of the molecule is CCCCCOc1ccc(/C=C/C(=O)c2ccc(Br)cc2)cc1. The van der Waals surface area contributed by atoms with Crippen molar-refractivity contribution in [2.24, 2.45) is 0 Å². The third-order valence-electron chi connectivity index (χ3n) is 3.45. The molecule has 2 rings (SSSR count). The van der Waals surface area contributed by atoms with Crippen LogP contribution in [0.25, 0.3) is 6.08 Å². The second-order valence-corrected chi connectivity index (χ2v) is 6.24. The van der Waals surface area contributed by atoms with Gasteiger partial charge in [-0.1, -0.05) is 53.9 Å². The highest BCUT2D eigenvalue weighted by Crippen LogP contribution is 2.15. The van der Waals surface area contributed by atoms with Crippen LogP contribution in [0.5, 0.6) is 5.75 Å². The fourth-order valence-electron chi connectivity index (χ4n) is 2.10. The van der Waals surface area contributed by atoms with Crippen molar-refractivity contribution in [2.45, 2.75) is 26.2 Å². The maximum atomic E-state index is 12.1. The van der Waals surface area contributed by atoms with E-state index in [1.165, 1.54) is 12.8 Å². The number of ether oxygens (including phenoxy) is 1. The van der Waals surface area contributed by atoms with Crippen LogP contribution in [0, 0.1) is 0 Å². The molecule has 0 bridgehead atoms. The minimum atomic E-state index is -0.00241. The summed E-state index contributed by atoms with van der Waals surface area (Å²) < 4.78 is 6.64. The largest absolute Gasteiger partial charge is 0.494 e.